The predicted octanol–water partition coefficient (Wildman–Crippen LogP) is 3.13. The second-order valence-electron chi connectivity index (χ2n) is 5.30. The van der Waals surface area contributed by atoms with E-state index in [2.05, 4.69) is 15.5 Å². The van der Waals surface area contributed by atoms with Crippen LogP contribution in [0.25, 0.3) is 0 Å². The minimum absolute atomic E-state index is 0.345. The minimum atomic E-state index is -0.737. The Hall–Kier alpha value is -1.47. The van der Waals surface area contributed by atoms with E-state index in [1.54, 1.807) is 13.0 Å². The highest BCUT2D eigenvalue weighted by molar-refractivity contribution is 7.99. The molecule has 112 valence electrons. The van der Waals surface area contributed by atoms with Crippen molar-refractivity contribution in [3.8, 4) is 0 Å². The third-order valence-electron chi connectivity index (χ3n) is 3.76. The first-order valence-corrected chi connectivity index (χ1v) is 7.90. The molecule has 5 nitrogen and oxygen atoms in total. The van der Waals surface area contributed by atoms with Crippen LogP contribution in [0.1, 0.15) is 50.3 Å². The van der Waals surface area contributed by atoms with Gasteiger partial charge in [0.15, 0.2) is 0 Å². The van der Waals surface area contributed by atoms with Gasteiger partial charge in [-0.05, 0) is 65.7 Å². The van der Waals surface area contributed by atoms with Gasteiger partial charge in [-0.1, -0.05) is 12.8 Å². The van der Waals surface area contributed by atoms with Crippen molar-refractivity contribution in [1.29, 1.82) is 0 Å². The van der Waals surface area contributed by atoms with Crippen molar-refractivity contribution in [2.45, 2.75) is 54.8 Å². The van der Waals surface area contributed by atoms with E-state index < -0.39 is 6.10 Å². The maximum absolute atomic E-state index is 13.3. The third-order valence-corrected chi connectivity index (χ3v) is 4.80. The molecule has 1 saturated carbocycles. The molecule has 21 heavy (non-hydrogen) atoms. The molecule has 1 N–H and O–H groups in total. The predicted molar refractivity (Wildman–Crippen MR) is 76.5 cm³/mol. The Morgan fingerprint density at radius 1 is 1.38 bits per heavy atom. The highest BCUT2D eigenvalue weighted by Crippen LogP contribution is 2.36. The van der Waals surface area contributed by atoms with Gasteiger partial charge < -0.3 is 5.11 Å². The Morgan fingerprint density at radius 2 is 2.14 bits per heavy atom. The molecular formula is C14H17FN4OS. The molecule has 0 spiro atoms. The van der Waals surface area contributed by atoms with Gasteiger partial charge in [0.25, 0.3) is 0 Å². The molecule has 0 radical (unpaired) electrons. The Labute approximate surface area is 126 Å². The first-order valence-electron chi connectivity index (χ1n) is 7.08. The van der Waals surface area contributed by atoms with E-state index in [0.29, 0.717) is 16.8 Å². The standard InChI is InChI=1S/C14H17FN4OS/c1-9(20)12-8-10(15)6-7-13(12)21-14-16-17-18-19(14)11-4-2-3-5-11/h6-9,11,20H,2-5H2,1H3/t9-/m1/s1. The Morgan fingerprint density at radius 3 is 2.86 bits per heavy atom. The summed E-state index contributed by atoms with van der Waals surface area (Å²) in [4.78, 5) is 0.778. The zero-order valence-electron chi connectivity index (χ0n) is 11.7. The van der Waals surface area contributed by atoms with Gasteiger partial charge in [-0.2, -0.15) is 0 Å². The monoisotopic (exact) mass is 308 g/mol. The van der Waals surface area contributed by atoms with Gasteiger partial charge in [0.2, 0.25) is 5.16 Å². The van der Waals surface area contributed by atoms with Crippen LogP contribution >= 0.6 is 11.8 Å². The van der Waals surface area contributed by atoms with Crippen molar-refractivity contribution in [2.75, 3.05) is 0 Å². The smallest absolute Gasteiger partial charge is 0.214 e. The normalized spacial score (nSPS) is 17.3. The van der Waals surface area contributed by atoms with Crippen LogP contribution in [0.2, 0.25) is 0 Å². The first-order chi connectivity index (χ1) is 10.1. The third kappa shape index (κ3) is 3.08. The molecule has 0 aliphatic heterocycles. The lowest BCUT2D eigenvalue weighted by Crippen LogP contribution is -2.08. The van der Waals surface area contributed by atoms with Crippen molar-refractivity contribution in [1.82, 2.24) is 20.2 Å². The lowest BCUT2D eigenvalue weighted by atomic mass is 10.1. The van der Waals surface area contributed by atoms with Crippen molar-refractivity contribution in [2.24, 2.45) is 0 Å². The second-order valence-corrected chi connectivity index (χ2v) is 6.31. The summed E-state index contributed by atoms with van der Waals surface area (Å²) >= 11 is 1.37. The van der Waals surface area contributed by atoms with Gasteiger partial charge in [0.05, 0.1) is 12.1 Å². The quantitative estimate of drug-likeness (QED) is 0.940. The van der Waals surface area contributed by atoms with E-state index >= 15 is 0 Å². The highest BCUT2D eigenvalue weighted by atomic mass is 32.2. The zero-order chi connectivity index (χ0) is 14.8. The summed E-state index contributed by atoms with van der Waals surface area (Å²) in [5.41, 5.74) is 0.556. The fourth-order valence-electron chi connectivity index (χ4n) is 2.67. The molecule has 0 unspecified atom stereocenters. The minimum Gasteiger partial charge on any atom is -0.389 e. The second kappa shape index (κ2) is 6.11. The van der Waals surface area contributed by atoms with Gasteiger partial charge >= 0.3 is 0 Å². The topological polar surface area (TPSA) is 63.8 Å². The van der Waals surface area contributed by atoms with E-state index in [1.165, 1.54) is 36.7 Å². The molecule has 0 amide bonds. The number of hydrogen-bond donors (Lipinski definition) is 1. The van der Waals surface area contributed by atoms with E-state index in [4.69, 9.17) is 0 Å². The van der Waals surface area contributed by atoms with Gasteiger partial charge in [-0.15, -0.1) is 5.10 Å². The highest BCUT2D eigenvalue weighted by Gasteiger charge is 2.22. The van der Waals surface area contributed by atoms with Crippen molar-refractivity contribution in [3.05, 3.63) is 29.6 Å². The number of hydrogen-bond acceptors (Lipinski definition) is 5. The summed E-state index contributed by atoms with van der Waals surface area (Å²) in [5, 5.41) is 22.4. The van der Waals surface area contributed by atoms with Crippen LogP contribution in [-0.4, -0.2) is 25.3 Å². The van der Waals surface area contributed by atoms with Crippen LogP contribution < -0.4 is 0 Å². The number of nitrogens with zero attached hydrogens (tertiary/aromatic N) is 4. The maximum atomic E-state index is 13.3. The van der Waals surface area contributed by atoms with Crippen LogP contribution in [0.3, 0.4) is 0 Å². The summed E-state index contributed by atoms with van der Waals surface area (Å²) in [7, 11) is 0. The van der Waals surface area contributed by atoms with Crippen LogP contribution in [-0.2, 0) is 0 Å². The Kier molecular flexibility index (Phi) is 4.21. The molecule has 1 atom stereocenters. The zero-order valence-corrected chi connectivity index (χ0v) is 12.6. The lowest BCUT2D eigenvalue weighted by Gasteiger charge is -2.13. The summed E-state index contributed by atoms with van der Waals surface area (Å²) in [6.45, 7) is 1.62. The molecule has 2 aromatic rings. The van der Waals surface area contributed by atoms with Crippen molar-refractivity contribution >= 4 is 11.8 Å². The molecule has 3 rings (SSSR count). The summed E-state index contributed by atoms with van der Waals surface area (Å²) < 4.78 is 15.2. The maximum Gasteiger partial charge on any atom is 0.214 e. The van der Waals surface area contributed by atoms with Crippen LogP contribution in [0.4, 0.5) is 4.39 Å². The summed E-state index contributed by atoms with van der Waals surface area (Å²) in [6.07, 6.45) is 3.84. The van der Waals surface area contributed by atoms with E-state index in [-0.39, 0.29) is 5.82 Å². The number of rotatable bonds is 4. The molecular weight excluding hydrogens is 291 g/mol. The number of aliphatic hydroxyl groups is 1. The first kappa shape index (κ1) is 14.5. The molecule has 0 bridgehead atoms. The SMILES string of the molecule is C[C@@H](O)c1cc(F)ccc1Sc1nnnn1C1CCCC1. The Bertz CT molecular complexity index is 625. The van der Waals surface area contributed by atoms with Gasteiger partial charge in [0.1, 0.15) is 5.82 Å². The molecule has 1 fully saturated rings. The number of aliphatic hydroxyl groups excluding tert-OH is 1. The lowest BCUT2D eigenvalue weighted by molar-refractivity contribution is 0.196. The van der Waals surface area contributed by atoms with Gasteiger partial charge in [-0.25, -0.2) is 9.07 Å². The number of tetrazole rings is 1. The van der Waals surface area contributed by atoms with Crippen LogP contribution in [0.15, 0.2) is 28.3 Å². The number of aromatic nitrogens is 4. The number of benzene rings is 1. The van der Waals surface area contributed by atoms with Crippen LogP contribution in [0, 0.1) is 5.82 Å². The van der Waals surface area contributed by atoms with Gasteiger partial charge in [-0.3, -0.25) is 0 Å². The van der Waals surface area contributed by atoms with Gasteiger partial charge in [0, 0.05) is 4.90 Å². The van der Waals surface area contributed by atoms with Crippen molar-refractivity contribution in [3.63, 3.8) is 0 Å². The van der Waals surface area contributed by atoms with Crippen LogP contribution in [0.5, 0.6) is 0 Å². The summed E-state index contributed by atoms with van der Waals surface area (Å²) in [5.74, 6) is -0.356. The fourth-order valence-corrected chi connectivity index (χ4v) is 3.70. The number of halogens is 1. The average molecular weight is 308 g/mol. The molecule has 1 aromatic heterocycles. The molecule has 1 aliphatic rings. The summed E-state index contributed by atoms with van der Waals surface area (Å²) in [6, 6.07) is 4.75. The Balaban J connectivity index is 1.89. The largest absolute Gasteiger partial charge is 0.389 e. The molecule has 1 aromatic carbocycles. The van der Waals surface area contributed by atoms with E-state index in [1.807, 2.05) is 4.68 Å². The molecule has 0 saturated heterocycles. The molecule has 7 heteroatoms. The molecule has 1 heterocycles. The van der Waals surface area contributed by atoms with E-state index in [9.17, 15) is 9.50 Å². The van der Waals surface area contributed by atoms with E-state index in [0.717, 1.165) is 17.7 Å². The molecule has 1 aliphatic carbocycles. The average Bonchev–Trinajstić information content (AvgIpc) is 3.11. The van der Waals surface area contributed by atoms with Crippen molar-refractivity contribution < 1.29 is 9.50 Å². The fraction of sp³-hybridized carbons (Fsp3) is 0.500.